The molecule has 2 aromatic carbocycles. The van der Waals surface area contributed by atoms with E-state index in [1.807, 2.05) is 24.3 Å². The van der Waals surface area contributed by atoms with Crippen LogP contribution in [0.25, 0.3) is 10.8 Å². The zero-order valence-corrected chi connectivity index (χ0v) is 11.5. The molecule has 110 valence electrons. The first kappa shape index (κ1) is 15.0. The minimum Gasteiger partial charge on any atom is -0.478 e. The number of hydrogen-bond donors (Lipinski definition) is 3. The van der Waals surface area contributed by atoms with Crippen molar-refractivity contribution in [1.82, 2.24) is 0 Å². The third-order valence-corrected chi connectivity index (χ3v) is 3.06. The molecule has 0 aliphatic carbocycles. The van der Waals surface area contributed by atoms with Crippen molar-refractivity contribution in [2.24, 2.45) is 5.73 Å². The normalized spacial score (nSPS) is 12.1. The first-order chi connectivity index (χ1) is 10.0. The van der Waals surface area contributed by atoms with Crippen LogP contribution in [0.2, 0.25) is 0 Å². The van der Waals surface area contributed by atoms with Crippen molar-refractivity contribution >= 4 is 28.3 Å². The maximum atomic E-state index is 11.9. The lowest BCUT2D eigenvalue weighted by molar-refractivity contribution is -0.118. The third kappa shape index (κ3) is 3.36. The average molecular weight is 288 g/mol. The number of aromatic carboxylic acids is 1. The van der Waals surface area contributed by atoms with Gasteiger partial charge in [0.1, 0.15) is 6.04 Å². The van der Waals surface area contributed by atoms with Gasteiger partial charge in [-0.15, -0.1) is 0 Å². The minimum absolute atomic E-state index is 0.0201. The number of ether oxygens (including phenoxy) is 1. The van der Waals surface area contributed by atoms with Gasteiger partial charge in [-0.2, -0.15) is 0 Å². The van der Waals surface area contributed by atoms with E-state index >= 15 is 0 Å². The summed E-state index contributed by atoms with van der Waals surface area (Å²) < 4.78 is 4.81. The molecule has 6 heteroatoms. The number of amides is 1. The van der Waals surface area contributed by atoms with Crippen molar-refractivity contribution in [3.05, 3.63) is 42.0 Å². The number of methoxy groups -OCH3 is 1. The quantitative estimate of drug-likeness (QED) is 0.773. The fraction of sp³-hybridized carbons (Fsp3) is 0.200. The zero-order chi connectivity index (χ0) is 15.4. The second kappa shape index (κ2) is 6.34. The van der Waals surface area contributed by atoms with Gasteiger partial charge in [-0.1, -0.05) is 24.3 Å². The summed E-state index contributed by atoms with van der Waals surface area (Å²) in [6, 6.07) is 9.59. The van der Waals surface area contributed by atoms with Gasteiger partial charge in [0, 0.05) is 7.11 Å². The summed E-state index contributed by atoms with van der Waals surface area (Å²) in [4.78, 5) is 23.2. The highest BCUT2D eigenvalue weighted by atomic mass is 16.5. The molecule has 1 unspecified atom stereocenters. The highest BCUT2D eigenvalue weighted by molar-refractivity contribution is 6.06. The molecule has 1 atom stereocenters. The summed E-state index contributed by atoms with van der Waals surface area (Å²) in [5.41, 5.74) is 5.87. The van der Waals surface area contributed by atoms with Gasteiger partial charge in [-0.25, -0.2) is 4.79 Å². The number of rotatable bonds is 5. The number of carboxylic acids is 1. The van der Waals surface area contributed by atoms with Crippen molar-refractivity contribution in [2.75, 3.05) is 19.0 Å². The van der Waals surface area contributed by atoms with Gasteiger partial charge < -0.3 is 20.9 Å². The van der Waals surface area contributed by atoms with E-state index in [0.29, 0.717) is 0 Å². The molecule has 0 saturated heterocycles. The monoisotopic (exact) mass is 288 g/mol. The Morgan fingerprint density at radius 1 is 1.29 bits per heavy atom. The number of fused-ring (bicyclic) bond motifs is 1. The lowest BCUT2D eigenvalue weighted by Crippen LogP contribution is -2.39. The Bertz CT molecular complexity index is 684. The molecule has 0 radical (unpaired) electrons. The summed E-state index contributed by atoms with van der Waals surface area (Å²) in [7, 11) is 1.44. The van der Waals surface area contributed by atoms with E-state index < -0.39 is 17.9 Å². The number of nitrogens with two attached hydrogens (primary N) is 1. The van der Waals surface area contributed by atoms with Crippen molar-refractivity contribution < 1.29 is 19.4 Å². The van der Waals surface area contributed by atoms with Crippen molar-refractivity contribution in [2.45, 2.75) is 6.04 Å². The maximum absolute atomic E-state index is 11.9. The number of hydrogen-bond acceptors (Lipinski definition) is 4. The van der Waals surface area contributed by atoms with Crippen LogP contribution in [0.4, 0.5) is 5.69 Å². The standard InChI is InChI=1S/C15H16N2O4/c1-21-8-12(16)14(18)17-13-7-10-5-3-2-4-9(10)6-11(13)15(19)20/h2-7,12H,8,16H2,1H3,(H,17,18)(H,19,20). The van der Waals surface area contributed by atoms with E-state index in [0.717, 1.165) is 10.8 Å². The van der Waals surface area contributed by atoms with Crippen molar-refractivity contribution in [3.8, 4) is 0 Å². The topological polar surface area (TPSA) is 102 Å². The first-order valence-corrected chi connectivity index (χ1v) is 6.34. The number of nitrogens with one attached hydrogen (secondary N) is 1. The Labute approximate surface area is 121 Å². The smallest absolute Gasteiger partial charge is 0.337 e. The Morgan fingerprint density at radius 2 is 1.90 bits per heavy atom. The number of carboxylic acid groups (broad SMARTS) is 1. The summed E-state index contributed by atoms with van der Waals surface area (Å²) in [6.07, 6.45) is 0. The molecule has 0 fully saturated rings. The van der Waals surface area contributed by atoms with E-state index in [-0.39, 0.29) is 17.9 Å². The number of carbonyl (C=O) groups is 2. The zero-order valence-electron chi connectivity index (χ0n) is 11.5. The minimum atomic E-state index is -1.11. The van der Waals surface area contributed by atoms with Crippen LogP contribution in [0, 0.1) is 0 Å². The average Bonchev–Trinajstić information content (AvgIpc) is 2.46. The van der Waals surface area contributed by atoms with E-state index in [2.05, 4.69) is 5.32 Å². The number of anilines is 1. The molecule has 0 aromatic heterocycles. The van der Waals surface area contributed by atoms with Crippen molar-refractivity contribution in [1.29, 1.82) is 0 Å². The summed E-state index contributed by atoms with van der Waals surface area (Å²) >= 11 is 0. The van der Waals surface area contributed by atoms with Crippen LogP contribution < -0.4 is 11.1 Å². The van der Waals surface area contributed by atoms with Gasteiger partial charge in [-0.3, -0.25) is 4.79 Å². The van der Waals surface area contributed by atoms with Gasteiger partial charge in [-0.05, 0) is 22.9 Å². The highest BCUT2D eigenvalue weighted by Crippen LogP contribution is 2.24. The van der Waals surface area contributed by atoms with Crippen LogP contribution in [0.15, 0.2) is 36.4 Å². The molecular formula is C15H16N2O4. The maximum Gasteiger partial charge on any atom is 0.337 e. The molecule has 6 nitrogen and oxygen atoms in total. The number of benzene rings is 2. The second-order valence-electron chi connectivity index (χ2n) is 4.60. The SMILES string of the molecule is COCC(N)C(=O)Nc1cc2ccccc2cc1C(=O)O. The van der Waals surface area contributed by atoms with Gasteiger partial charge in [0.05, 0.1) is 17.9 Å². The molecule has 21 heavy (non-hydrogen) atoms. The summed E-state index contributed by atoms with van der Waals surface area (Å²) in [6.45, 7) is 0.0574. The second-order valence-corrected chi connectivity index (χ2v) is 4.60. The van der Waals surface area contributed by atoms with Crippen LogP contribution >= 0.6 is 0 Å². The fourth-order valence-electron chi connectivity index (χ4n) is 2.00. The Kier molecular flexibility index (Phi) is 4.52. The molecule has 1 amide bonds. The lowest BCUT2D eigenvalue weighted by Gasteiger charge is -2.14. The predicted octanol–water partition coefficient (Wildman–Crippen LogP) is 1.45. The van der Waals surface area contributed by atoms with Crippen LogP contribution in [-0.2, 0) is 9.53 Å². The van der Waals surface area contributed by atoms with E-state index in [1.54, 1.807) is 6.07 Å². The van der Waals surface area contributed by atoms with Gasteiger partial charge in [0.15, 0.2) is 0 Å². The predicted molar refractivity (Wildman–Crippen MR) is 79.4 cm³/mol. The molecule has 0 aliphatic rings. The van der Waals surface area contributed by atoms with E-state index in [4.69, 9.17) is 10.5 Å². The summed E-state index contributed by atoms with van der Waals surface area (Å²) in [5.74, 6) is -1.61. The lowest BCUT2D eigenvalue weighted by atomic mass is 10.0. The van der Waals surface area contributed by atoms with Crippen LogP contribution in [0.1, 0.15) is 10.4 Å². The Hall–Kier alpha value is -2.44. The van der Waals surface area contributed by atoms with Crippen LogP contribution in [-0.4, -0.2) is 36.7 Å². The molecule has 0 bridgehead atoms. The molecule has 4 N–H and O–H groups in total. The van der Waals surface area contributed by atoms with Crippen LogP contribution in [0.5, 0.6) is 0 Å². The molecule has 0 heterocycles. The molecule has 0 aliphatic heterocycles. The number of carbonyl (C=O) groups excluding carboxylic acids is 1. The van der Waals surface area contributed by atoms with Gasteiger partial charge in [0.2, 0.25) is 5.91 Å². The fourth-order valence-corrected chi connectivity index (χ4v) is 2.00. The molecule has 0 saturated carbocycles. The molecule has 2 rings (SSSR count). The summed E-state index contributed by atoms with van der Waals surface area (Å²) in [5, 5.41) is 13.4. The molecule has 2 aromatic rings. The first-order valence-electron chi connectivity index (χ1n) is 6.34. The van der Waals surface area contributed by atoms with Gasteiger partial charge in [0.25, 0.3) is 0 Å². The largest absolute Gasteiger partial charge is 0.478 e. The third-order valence-electron chi connectivity index (χ3n) is 3.06. The highest BCUT2D eigenvalue weighted by Gasteiger charge is 2.18. The Morgan fingerprint density at radius 3 is 2.48 bits per heavy atom. The van der Waals surface area contributed by atoms with E-state index in [9.17, 15) is 14.7 Å². The van der Waals surface area contributed by atoms with E-state index in [1.165, 1.54) is 13.2 Å². The van der Waals surface area contributed by atoms with Crippen LogP contribution in [0.3, 0.4) is 0 Å². The molecular weight excluding hydrogens is 272 g/mol. The van der Waals surface area contributed by atoms with Crippen molar-refractivity contribution in [3.63, 3.8) is 0 Å². The Balaban J connectivity index is 2.39. The molecule has 0 spiro atoms. The van der Waals surface area contributed by atoms with Gasteiger partial charge >= 0.3 is 5.97 Å².